The first-order chi connectivity index (χ1) is 13.5. The lowest BCUT2D eigenvalue weighted by Crippen LogP contribution is -2.27. The van der Waals surface area contributed by atoms with Crippen LogP contribution in [0.1, 0.15) is 40.5 Å². The van der Waals surface area contributed by atoms with Crippen molar-refractivity contribution >= 4 is 16.8 Å². The molecule has 7 heteroatoms. The fraction of sp³-hybridized carbons (Fsp3) is 0.190. The largest absolute Gasteiger partial charge is 0.342 e. The van der Waals surface area contributed by atoms with Crippen LogP contribution in [0.3, 0.4) is 0 Å². The quantitative estimate of drug-likeness (QED) is 0.571. The lowest BCUT2D eigenvalue weighted by molar-refractivity contribution is 0.0940. The van der Waals surface area contributed by atoms with Crippen molar-refractivity contribution in [3.63, 3.8) is 0 Å². The Kier molecular flexibility index (Phi) is 4.57. The van der Waals surface area contributed by atoms with Crippen LogP contribution in [0, 0.1) is 13.8 Å². The van der Waals surface area contributed by atoms with Crippen LogP contribution < -0.4 is 5.32 Å². The topological polar surface area (TPSA) is 96.5 Å². The van der Waals surface area contributed by atoms with Gasteiger partial charge in [-0.15, -0.1) is 0 Å². The Morgan fingerprint density at radius 1 is 1.14 bits per heavy atom. The summed E-state index contributed by atoms with van der Waals surface area (Å²) in [6.45, 7) is 5.68. The normalized spacial score (nSPS) is 12.1. The molecule has 3 heterocycles. The van der Waals surface area contributed by atoms with Crippen LogP contribution in [0.5, 0.6) is 0 Å². The van der Waals surface area contributed by atoms with Crippen LogP contribution in [0.2, 0.25) is 0 Å². The molecule has 0 aliphatic rings. The molecule has 0 saturated carbocycles. The molecule has 0 unspecified atom stereocenters. The fourth-order valence-corrected chi connectivity index (χ4v) is 3.08. The third-order valence-corrected chi connectivity index (χ3v) is 4.52. The van der Waals surface area contributed by atoms with Crippen molar-refractivity contribution < 1.29 is 4.79 Å². The molecular formula is C21H20N6O. The van der Waals surface area contributed by atoms with Crippen molar-refractivity contribution in [1.82, 2.24) is 30.5 Å². The predicted octanol–water partition coefficient (Wildman–Crippen LogP) is 3.52. The Morgan fingerprint density at radius 3 is 2.71 bits per heavy atom. The molecule has 0 aliphatic carbocycles. The van der Waals surface area contributed by atoms with Gasteiger partial charge in [0.1, 0.15) is 5.82 Å². The van der Waals surface area contributed by atoms with Crippen molar-refractivity contribution in [2.45, 2.75) is 26.8 Å². The molecule has 28 heavy (non-hydrogen) atoms. The molecule has 1 amide bonds. The van der Waals surface area contributed by atoms with E-state index in [0.29, 0.717) is 22.9 Å². The Hall–Kier alpha value is -3.61. The SMILES string of the molecule is Cc1ccc2nc(-c3cccnc3)cc(C(=O)N[C@@H](C)c3n[nH]c(C)n3)c2c1. The van der Waals surface area contributed by atoms with Gasteiger partial charge in [-0.2, -0.15) is 5.10 Å². The Labute approximate surface area is 162 Å². The summed E-state index contributed by atoms with van der Waals surface area (Å²) in [6, 6.07) is 11.2. The highest BCUT2D eigenvalue weighted by molar-refractivity contribution is 6.07. The predicted molar refractivity (Wildman–Crippen MR) is 107 cm³/mol. The third-order valence-electron chi connectivity index (χ3n) is 4.52. The lowest BCUT2D eigenvalue weighted by atomic mass is 10.0. The van der Waals surface area contributed by atoms with Crippen LogP contribution in [0.25, 0.3) is 22.2 Å². The fourth-order valence-electron chi connectivity index (χ4n) is 3.08. The molecular weight excluding hydrogens is 352 g/mol. The number of hydrogen-bond acceptors (Lipinski definition) is 5. The highest BCUT2D eigenvalue weighted by Gasteiger charge is 2.18. The molecule has 140 valence electrons. The highest BCUT2D eigenvalue weighted by atomic mass is 16.1. The number of rotatable bonds is 4. The molecule has 1 aromatic carbocycles. The summed E-state index contributed by atoms with van der Waals surface area (Å²) in [5, 5.41) is 10.7. The smallest absolute Gasteiger partial charge is 0.252 e. The second-order valence-corrected chi connectivity index (χ2v) is 6.79. The van der Waals surface area contributed by atoms with Crippen molar-refractivity contribution in [3.05, 3.63) is 71.6 Å². The van der Waals surface area contributed by atoms with Gasteiger partial charge in [-0.25, -0.2) is 9.97 Å². The lowest BCUT2D eigenvalue weighted by Gasteiger charge is -2.14. The standard InChI is InChI=1S/C21H20N6O/c1-12-6-7-18-16(9-12)17(10-19(25-18)15-5-4-8-22-11-15)21(28)23-13(2)20-24-14(3)26-27-20/h4-11,13H,1-3H3,(H,23,28)(H,24,26,27)/t13-/m0/s1. The van der Waals surface area contributed by atoms with E-state index in [1.807, 2.05) is 57.2 Å². The molecule has 0 aliphatic heterocycles. The van der Waals surface area contributed by atoms with E-state index in [-0.39, 0.29) is 11.9 Å². The highest BCUT2D eigenvalue weighted by Crippen LogP contribution is 2.26. The summed E-state index contributed by atoms with van der Waals surface area (Å²) < 4.78 is 0. The third kappa shape index (κ3) is 3.46. The van der Waals surface area contributed by atoms with Gasteiger partial charge in [-0.1, -0.05) is 11.6 Å². The molecule has 0 fully saturated rings. The number of H-pyrrole nitrogens is 1. The van der Waals surface area contributed by atoms with E-state index >= 15 is 0 Å². The summed E-state index contributed by atoms with van der Waals surface area (Å²) >= 11 is 0. The van der Waals surface area contributed by atoms with Gasteiger partial charge in [0.05, 0.1) is 22.8 Å². The maximum absolute atomic E-state index is 13.1. The Morgan fingerprint density at radius 2 is 2.00 bits per heavy atom. The van der Waals surface area contributed by atoms with Gasteiger partial charge in [0.15, 0.2) is 5.82 Å². The first-order valence-electron chi connectivity index (χ1n) is 9.03. The number of fused-ring (bicyclic) bond motifs is 1. The minimum Gasteiger partial charge on any atom is -0.342 e. The molecule has 2 N–H and O–H groups in total. The average molecular weight is 372 g/mol. The van der Waals surface area contributed by atoms with E-state index in [2.05, 4.69) is 25.5 Å². The van der Waals surface area contributed by atoms with Crippen molar-refractivity contribution in [3.8, 4) is 11.3 Å². The molecule has 4 aromatic rings. The number of nitrogens with zero attached hydrogens (tertiary/aromatic N) is 4. The number of benzene rings is 1. The van der Waals surface area contributed by atoms with E-state index < -0.39 is 0 Å². The van der Waals surface area contributed by atoms with Gasteiger partial charge in [0, 0.05) is 23.3 Å². The Bertz CT molecular complexity index is 1150. The van der Waals surface area contributed by atoms with Gasteiger partial charge in [0.2, 0.25) is 0 Å². The molecule has 3 aromatic heterocycles. The van der Waals surface area contributed by atoms with Crippen LogP contribution in [0.4, 0.5) is 0 Å². The van der Waals surface area contributed by atoms with E-state index in [0.717, 1.165) is 22.0 Å². The monoisotopic (exact) mass is 372 g/mol. The zero-order valence-corrected chi connectivity index (χ0v) is 15.9. The first-order valence-corrected chi connectivity index (χ1v) is 9.03. The molecule has 1 atom stereocenters. The summed E-state index contributed by atoms with van der Waals surface area (Å²) in [5.74, 6) is 1.06. The van der Waals surface area contributed by atoms with Gasteiger partial charge in [-0.3, -0.25) is 14.9 Å². The zero-order valence-electron chi connectivity index (χ0n) is 15.9. The van der Waals surface area contributed by atoms with Crippen molar-refractivity contribution in [2.24, 2.45) is 0 Å². The van der Waals surface area contributed by atoms with E-state index in [1.54, 1.807) is 12.4 Å². The number of pyridine rings is 2. The zero-order chi connectivity index (χ0) is 19.7. The van der Waals surface area contributed by atoms with E-state index in [4.69, 9.17) is 4.98 Å². The first kappa shape index (κ1) is 17.8. The maximum atomic E-state index is 13.1. The number of carbonyl (C=O) groups excluding carboxylic acids is 1. The number of aryl methyl sites for hydroxylation is 2. The van der Waals surface area contributed by atoms with Gasteiger partial charge >= 0.3 is 0 Å². The van der Waals surface area contributed by atoms with Gasteiger partial charge in [-0.05, 0) is 51.1 Å². The van der Waals surface area contributed by atoms with Crippen LogP contribution in [-0.2, 0) is 0 Å². The van der Waals surface area contributed by atoms with Crippen molar-refractivity contribution in [1.29, 1.82) is 0 Å². The molecule has 0 saturated heterocycles. The average Bonchev–Trinajstić information content (AvgIpc) is 3.14. The second-order valence-electron chi connectivity index (χ2n) is 6.79. The minimum atomic E-state index is -0.327. The molecule has 4 rings (SSSR count). The molecule has 0 bridgehead atoms. The number of hydrogen-bond donors (Lipinski definition) is 2. The van der Waals surface area contributed by atoms with E-state index in [1.165, 1.54) is 0 Å². The summed E-state index contributed by atoms with van der Waals surface area (Å²) in [4.78, 5) is 26.3. The summed E-state index contributed by atoms with van der Waals surface area (Å²) in [5.41, 5.74) is 3.95. The number of amides is 1. The summed E-state index contributed by atoms with van der Waals surface area (Å²) in [7, 11) is 0. The molecule has 0 radical (unpaired) electrons. The Balaban J connectivity index is 1.77. The number of nitrogens with one attached hydrogen (secondary N) is 2. The van der Waals surface area contributed by atoms with Crippen LogP contribution >= 0.6 is 0 Å². The number of aromatic nitrogens is 5. The van der Waals surface area contributed by atoms with Gasteiger partial charge in [0.25, 0.3) is 5.91 Å². The number of carbonyl (C=O) groups is 1. The van der Waals surface area contributed by atoms with E-state index in [9.17, 15) is 4.79 Å². The summed E-state index contributed by atoms with van der Waals surface area (Å²) in [6.07, 6.45) is 3.45. The molecule has 0 spiro atoms. The number of aromatic amines is 1. The van der Waals surface area contributed by atoms with Crippen LogP contribution in [-0.4, -0.2) is 31.1 Å². The minimum absolute atomic E-state index is 0.196. The second kappa shape index (κ2) is 7.19. The van der Waals surface area contributed by atoms with Crippen molar-refractivity contribution in [2.75, 3.05) is 0 Å². The van der Waals surface area contributed by atoms with Crippen LogP contribution in [0.15, 0.2) is 48.8 Å². The molecule has 7 nitrogen and oxygen atoms in total. The maximum Gasteiger partial charge on any atom is 0.252 e. The van der Waals surface area contributed by atoms with Gasteiger partial charge < -0.3 is 5.32 Å².